The average Bonchev–Trinajstić information content (AvgIpc) is 3.01. The molecule has 0 aliphatic carbocycles. The maximum atomic E-state index is 12.7. The second-order valence-corrected chi connectivity index (χ2v) is 7.14. The molecule has 4 rings (SSSR count). The Labute approximate surface area is 164 Å². The largest absolute Gasteiger partial charge is 0.440 e. The molecule has 3 aromatic carbocycles. The smallest absolute Gasteiger partial charge is 0.319 e. The lowest BCUT2D eigenvalue weighted by Gasteiger charge is -2.27. The van der Waals surface area contributed by atoms with Gasteiger partial charge in [0.1, 0.15) is 0 Å². The summed E-state index contributed by atoms with van der Waals surface area (Å²) in [5.41, 5.74) is 2.44. The van der Waals surface area contributed by atoms with Crippen LogP contribution in [0.25, 0.3) is 0 Å². The number of hydrogen-bond donors (Lipinski definition) is 0. The Morgan fingerprint density at radius 2 is 1.50 bits per heavy atom. The summed E-state index contributed by atoms with van der Waals surface area (Å²) in [4.78, 5) is 19.9. The molecule has 1 aliphatic heterocycles. The van der Waals surface area contributed by atoms with Crippen molar-refractivity contribution in [3.63, 3.8) is 0 Å². The first kappa shape index (κ1) is 16.9. The monoisotopic (exact) mass is 428 g/mol. The fraction of sp³-hybridized carbons (Fsp3) is 0.0500. The number of anilines is 2. The quantitative estimate of drug-likeness (QED) is 0.498. The van der Waals surface area contributed by atoms with Crippen LogP contribution in [0.1, 0.15) is 11.7 Å². The zero-order valence-corrected chi connectivity index (χ0v) is 15.9. The predicted octanol–water partition coefficient (Wildman–Crippen LogP) is 6.18. The summed E-state index contributed by atoms with van der Waals surface area (Å²) in [6.07, 6.45) is -0.872. The summed E-state index contributed by atoms with van der Waals surface area (Å²) >= 11 is 9.45. The molecule has 0 unspecified atom stereocenters. The van der Waals surface area contributed by atoms with Crippen molar-refractivity contribution in [3.05, 3.63) is 93.9 Å². The molecule has 0 spiro atoms. The lowest BCUT2D eigenvalue weighted by molar-refractivity contribution is 0.164. The molecule has 0 bridgehead atoms. The maximum absolute atomic E-state index is 12.7. The van der Waals surface area contributed by atoms with E-state index < -0.39 is 12.3 Å². The number of benzene rings is 3. The van der Waals surface area contributed by atoms with Crippen LogP contribution < -0.4 is 9.96 Å². The molecule has 1 saturated heterocycles. The van der Waals surface area contributed by atoms with Crippen molar-refractivity contribution in [2.24, 2.45) is 0 Å². The molecule has 1 fully saturated rings. The van der Waals surface area contributed by atoms with Gasteiger partial charge >= 0.3 is 6.09 Å². The van der Waals surface area contributed by atoms with E-state index in [-0.39, 0.29) is 0 Å². The first-order valence-electron chi connectivity index (χ1n) is 8.00. The Morgan fingerprint density at radius 3 is 2.15 bits per heavy atom. The highest BCUT2D eigenvalue weighted by Gasteiger charge is 2.42. The summed E-state index contributed by atoms with van der Waals surface area (Å²) in [5.74, 6) is 0. The maximum Gasteiger partial charge on any atom is 0.440 e. The van der Waals surface area contributed by atoms with Gasteiger partial charge < -0.3 is 4.84 Å². The standard InChI is InChI=1S/C20H14BrClN2O2/c21-15-8-6-14(7-9-15)19-23(17-12-10-16(22)11-13-17)20(25)26-24(19)18-4-2-1-3-5-18/h1-13,19H/t19-/m1/s1. The summed E-state index contributed by atoms with van der Waals surface area (Å²) in [7, 11) is 0. The Hall–Kier alpha value is -2.50. The molecular formula is C20H14BrClN2O2. The number of para-hydroxylation sites is 1. The van der Waals surface area contributed by atoms with Crippen molar-refractivity contribution in [1.82, 2.24) is 0 Å². The average molecular weight is 430 g/mol. The van der Waals surface area contributed by atoms with Crippen LogP contribution in [0.3, 0.4) is 0 Å². The SMILES string of the molecule is O=C1ON(c2ccccc2)[C@H](c2ccc(Br)cc2)N1c1ccc(Cl)cc1. The minimum atomic E-state index is -0.441. The number of carbonyl (C=O) groups excluding carboxylic acids is 1. The van der Waals surface area contributed by atoms with Crippen molar-refractivity contribution >= 4 is 45.0 Å². The van der Waals surface area contributed by atoms with Gasteiger partial charge in [-0.15, -0.1) is 0 Å². The predicted molar refractivity (Wildman–Crippen MR) is 106 cm³/mol. The highest BCUT2D eigenvalue weighted by Crippen LogP contribution is 2.40. The molecule has 0 saturated carbocycles. The number of hydrogen-bond acceptors (Lipinski definition) is 3. The molecule has 0 aromatic heterocycles. The second kappa shape index (κ2) is 7.02. The summed E-state index contributed by atoms with van der Waals surface area (Å²) < 4.78 is 0.968. The van der Waals surface area contributed by atoms with Crippen molar-refractivity contribution in [2.75, 3.05) is 9.96 Å². The zero-order chi connectivity index (χ0) is 18.1. The first-order valence-corrected chi connectivity index (χ1v) is 9.17. The normalized spacial score (nSPS) is 16.7. The van der Waals surface area contributed by atoms with E-state index in [4.69, 9.17) is 16.4 Å². The zero-order valence-electron chi connectivity index (χ0n) is 13.5. The fourth-order valence-corrected chi connectivity index (χ4v) is 3.31. The summed E-state index contributed by atoms with van der Waals surface area (Å²) in [6, 6.07) is 24.5. The van der Waals surface area contributed by atoms with Gasteiger partial charge in [0.05, 0.1) is 5.69 Å². The van der Waals surface area contributed by atoms with Gasteiger partial charge in [0.2, 0.25) is 0 Å². The number of carbonyl (C=O) groups is 1. The molecule has 1 aliphatic rings. The van der Waals surface area contributed by atoms with Gasteiger partial charge in [-0.3, -0.25) is 0 Å². The van der Waals surface area contributed by atoms with E-state index in [1.54, 1.807) is 22.1 Å². The van der Waals surface area contributed by atoms with Gasteiger partial charge in [-0.1, -0.05) is 57.9 Å². The molecule has 1 amide bonds. The molecule has 4 nitrogen and oxygen atoms in total. The number of amides is 1. The van der Waals surface area contributed by atoms with E-state index in [1.807, 2.05) is 66.7 Å². The topological polar surface area (TPSA) is 32.8 Å². The molecular weight excluding hydrogens is 416 g/mol. The van der Waals surface area contributed by atoms with E-state index in [2.05, 4.69) is 15.9 Å². The van der Waals surface area contributed by atoms with E-state index in [9.17, 15) is 4.79 Å². The molecule has 0 N–H and O–H groups in total. The molecule has 130 valence electrons. The van der Waals surface area contributed by atoms with Crippen LogP contribution in [0.5, 0.6) is 0 Å². The van der Waals surface area contributed by atoms with E-state index in [1.165, 1.54) is 0 Å². The van der Waals surface area contributed by atoms with Crippen LogP contribution in [0.15, 0.2) is 83.3 Å². The second-order valence-electron chi connectivity index (χ2n) is 5.79. The van der Waals surface area contributed by atoms with Gasteiger partial charge in [0.15, 0.2) is 6.17 Å². The number of nitrogens with zero attached hydrogens (tertiary/aromatic N) is 2. The van der Waals surface area contributed by atoms with Crippen LogP contribution in [0.2, 0.25) is 5.02 Å². The van der Waals surface area contributed by atoms with Crippen LogP contribution in [-0.2, 0) is 4.84 Å². The third-order valence-corrected chi connectivity index (χ3v) is 4.90. The lowest BCUT2D eigenvalue weighted by atomic mass is 10.1. The van der Waals surface area contributed by atoms with E-state index in [0.717, 1.165) is 15.7 Å². The van der Waals surface area contributed by atoms with Crippen molar-refractivity contribution in [2.45, 2.75) is 6.17 Å². The fourth-order valence-electron chi connectivity index (χ4n) is 2.92. The Kier molecular flexibility index (Phi) is 4.57. The third-order valence-electron chi connectivity index (χ3n) is 4.12. The Balaban J connectivity index is 1.82. The van der Waals surface area contributed by atoms with Crippen molar-refractivity contribution in [1.29, 1.82) is 0 Å². The minimum absolute atomic E-state index is 0.431. The van der Waals surface area contributed by atoms with Gasteiger partial charge in [-0.25, -0.2) is 9.69 Å². The van der Waals surface area contributed by atoms with Crippen LogP contribution in [-0.4, -0.2) is 6.09 Å². The molecule has 1 heterocycles. The highest BCUT2D eigenvalue weighted by molar-refractivity contribution is 9.10. The molecule has 0 radical (unpaired) electrons. The van der Waals surface area contributed by atoms with Gasteiger partial charge in [0.25, 0.3) is 0 Å². The Morgan fingerprint density at radius 1 is 0.846 bits per heavy atom. The summed E-state index contributed by atoms with van der Waals surface area (Å²) in [6.45, 7) is 0. The van der Waals surface area contributed by atoms with E-state index >= 15 is 0 Å². The highest BCUT2D eigenvalue weighted by atomic mass is 79.9. The van der Waals surface area contributed by atoms with E-state index in [0.29, 0.717) is 10.7 Å². The van der Waals surface area contributed by atoms with Crippen LogP contribution in [0.4, 0.5) is 16.2 Å². The number of halogens is 2. The number of hydroxylamine groups is 1. The van der Waals surface area contributed by atoms with Gasteiger partial charge in [-0.2, -0.15) is 5.06 Å². The van der Waals surface area contributed by atoms with Crippen molar-refractivity contribution in [3.8, 4) is 0 Å². The number of rotatable bonds is 3. The van der Waals surface area contributed by atoms with Crippen LogP contribution in [0, 0.1) is 0 Å². The summed E-state index contributed by atoms with van der Waals surface area (Å²) in [5, 5.41) is 2.24. The molecule has 3 aromatic rings. The molecule has 6 heteroatoms. The van der Waals surface area contributed by atoms with Gasteiger partial charge in [0, 0.05) is 15.2 Å². The van der Waals surface area contributed by atoms with Crippen LogP contribution >= 0.6 is 27.5 Å². The van der Waals surface area contributed by atoms with Crippen molar-refractivity contribution < 1.29 is 9.63 Å². The lowest BCUT2D eigenvalue weighted by Crippen LogP contribution is -2.31. The first-order chi connectivity index (χ1) is 12.6. The molecule has 26 heavy (non-hydrogen) atoms. The van der Waals surface area contributed by atoms with Gasteiger partial charge in [-0.05, 0) is 54.1 Å². The Bertz CT molecular complexity index is 917. The molecule has 1 atom stereocenters. The third kappa shape index (κ3) is 3.16. The minimum Gasteiger partial charge on any atom is -0.319 e.